The highest BCUT2D eigenvalue weighted by Crippen LogP contribution is 2.38. The first-order chi connectivity index (χ1) is 13.2. The number of nitrogens with zero attached hydrogens (tertiary/aromatic N) is 4. The lowest BCUT2D eigenvalue weighted by Crippen LogP contribution is -2.29. The molecule has 2 aliphatic carbocycles. The van der Waals surface area contributed by atoms with Crippen LogP contribution in [-0.4, -0.2) is 25.3 Å². The highest BCUT2D eigenvalue weighted by molar-refractivity contribution is 7.71. The van der Waals surface area contributed by atoms with E-state index >= 15 is 0 Å². The third-order valence-corrected chi connectivity index (χ3v) is 5.78. The van der Waals surface area contributed by atoms with E-state index in [2.05, 4.69) is 23.3 Å². The molecule has 0 bridgehead atoms. The van der Waals surface area contributed by atoms with Gasteiger partial charge in [0.15, 0.2) is 4.77 Å². The average molecular weight is 411 g/mol. The van der Waals surface area contributed by atoms with Crippen molar-refractivity contribution in [1.82, 2.24) is 19.2 Å². The van der Waals surface area contributed by atoms with E-state index in [9.17, 15) is 13.2 Å². The second-order valence-corrected chi connectivity index (χ2v) is 8.58. The second kappa shape index (κ2) is 7.30. The SMILES string of the molecule is CC(C)c1nn(CN(Cc2ccc(C(F)(F)F)cc2)C2CC2)c(=S)n1C1CC1. The lowest BCUT2D eigenvalue weighted by Gasteiger charge is -2.22. The number of alkyl halides is 3. The van der Waals surface area contributed by atoms with Gasteiger partial charge in [0.2, 0.25) is 0 Å². The van der Waals surface area contributed by atoms with Crippen molar-refractivity contribution in [1.29, 1.82) is 0 Å². The molecule has 4 rings (SSSR count). The van der Waals surface area contributed by atoms with Gasteiger partial charge < -0.3 is 4.57 Å². The molecule has 8 heteroatoms. The summed E-state index contributed by atoms with van der Waals surface area (Å²) in [7, 11) is 0. The zero-order valence-corrected chi connectivity index (χ0v) is 16.9. The minimum absolute atomic E-state index is 0.299. The predicted molar refractivity (Wildman–Crippen MR) is 103 cm³/mol. The zero-order valence-electron chi connectivity index (χ0n) is 16.1. The summed E-state index contributed by atoms with van der Waals surface area (Å²) in [6.45, 7) is 5.42. The van der Waals surface area contributed by atoms with Gasteiger partial charge in [-0.3, -0.25) is 4.90 Å². The minimum atomic E-state index is -4.30. The van der Waals surface area contributed by atoms with E-state index in [0.29, 0.717) is 31.2 Å². The van der Waals surface area contributed by atoms with Gasteiger partial charge in [-0.2, -0.15) is 18.3 Å². The molecule has 0 N–H and O–H groups in total. The average Bonchev–Trinajstić information content (AvgIpc) is 3.52. The largest absolute Gasteiger partial charge is 0.416 e. The highest BCUT2D eigenvalue weighted by atomic mass is 32.1. The van der Waals surface area contributed by atoms with Gasteiger partial charge in [-0.25, -0.2) is 4.68 Å². The van der Waals surface area contributed by atoms with Gasteiger partial charge in [-0.1, -0.05) is 26.0 Å². The number of halogens is 3. The van der Waals surface area contributed by atoms with Crippen LogP contribution in [-0.2, 0) is 19.4 Å². The van der Waals surface area contributed by atoms with Gasteiger partial charge in [-0.05, 0) is 55.6 Å². The van der Waals surface area contributed by atoms with Crippen LogP contribution < -0.4 is 0 Å². The molecule has 0 radical (unpaired) electrons. The van der Waals surface area contributed by atoms with Crippen molar-refractivity contribution >= 4 is 12.2 Å². The van der Waals surface area contributed by atoms with Crippen molar-refractivity contribution in [2.24, 2.45) is 0 Å². The van der Waals surface area contributed by atoms with Crippen molar-refractivity contribution in [3.8, 4) is 0 Å². The first-order valence-corrected chi connectivity index (χ1v) is 10.2. The Hall–Kier alpha value is -1.67. The highest BCUT2D eigenvalue weighted by Gasteiger charge is 2.33. The molecule has 1 heterocycles. The molecule has 1 aromatic heterocycles. The first-order valence-electron chi connectivity index (χ1n) is 9.83. The van der Waals surface area contributed by atoms with E-state index in [-0.39, 0.29) is 0 Å². The summed E-state index contributed by atoms with van der Waals surface area (Å²) < 4.78 is 43.2. The van der Waals surface area contributed by atoms with Crippen LogP contribution in [0.5, 0.6) is 0 Å². The Labute approximate surface area is 168 Å². The normalized spacial score (nSPS) is 17.7. The number of rotatable bonds is 7. The van der Waals surface area contributed by atoms with Gasteiger partial charge in [0.25, 0.3) is 0 Å². The predicted octanol–water partition coefficient (Wildman–Crippen LogP) is 5.51. The van der Waals surface area contributed by atoms with E-state index in [4.69, 9.17) is 17.3 Å². The summed E-state index contributed by atoms with van der Waals surface area (Å²) in [4.78, 5) is 2.27. The Morgan fingerprint density at radius 2 is 1.79 bits per heavy atom. The van der Waals surface area contributed by atoms with Crippen molar-refractivity contribution in [2.45, 2.75) is 76.9 Å². The minimum Gasteiger partial charge on any atom is -0.301 e. The molecule has 4 nitrogen and oxygen atoms in total. The van der Waals surface area contributed by atoms with Crippen molar-refractivity contribution in [3.05, 3.63) is 46.0 Å². The molecule has 0 saturated heterocycles. The van der Waals surface area contributed by atoms with Gasteiger partial charge in [0.05, 0.1) is 12.2 Å². The van der Waals surface area contributed by atoms with Crippen LogP contribution in [0.2, 0.25) is 0 Å². The first kappa shape index (κ1) is 19.6. The summed E-state index contributed by atoms with van der Waals surface area (Å²) in [6.07, 6.45) is 0.211. The topological polar surface area (TPSA) is 26.0 Å². The zero-order chi connectivity index (χ0) is 20.1. The molecule has 1 aromatic carbocycles. The Morgan fingerprint density at radius 3 is 2.29 bits per heavy atom. The molecule has 2 aromatic rings. The van der Waals surface area contributed by atoms with Gasteiger partial charge in [-0.15, -0.1) is 0 Å². The summed E-state index contributed by atoms with van der Waals surface area (Å²) in [5.74, 6) is 1.32. The molecule has 0 atom stereocenters. The smallest absolute Gasteiger partial charge is 0.301 e. The molecule has 2 aliphatic rings. The quantitative estimate of drug-likeness (QED) is 0.563. The van der Waals surface area contributed by atoms with E-state index < -0.39 is 11.7 Å². The number of hydrogen-bond donors (Lipinski definition) is 0. The fourth-order valence-corrected chi connectivity index (χ4v) is 3.88. The van der Waals surface area contributed by atoms with Gasteiger partial charge in [0, 0.05) is 24.5 Å². The lowest BCUT2D eigenvalue weighted by atomic mass is 10.1. The fraction of sp³-hybridized carbons (Fsp3) is 0.600. The van der Waals surface area contributed by atoms with Crippen LogP contribution in [0.15, 0.2) is 24.3 Å². The maximum Gasteiger partial charge on any atom is 0.416 e. The van der Waals surface area contributed by atoms with Gasteiger partial charge >= 0.3 is 6.18 Å². The number of aromatic nitrogens is 3. The maximum atomic E-state index is 12.8. The Morgan fingerprint density at radius 1 is 1.14 bits per heavy atom. The lowest BCUT2D eigenvalue weighted by molar-refractivity contribution is -0.137. The molecular weight excluding hydrogens is 385 g/mol. The van der Waals surface area contributed by atoms with Crippen LogP contribution in [0, 0.1) is 4.77 Å². The van der Waals surface area contributed by atoms with Crippen LogP contribution in [0.25, 0.3) is 0 Å². The Balaban J connectivity index is 1.54. The molecule has 28 heavy (non-hydrogen) atoms. The second-order valence-electron chi connectivity index (χ2n) is 8.21. The van der Waals surface area contributed by atoms with Crippen molar-refractivity contribution in [3.63, 3.8) is 0 Å². The summed E-state index contributed by atoms with van der Waals surface area (Å²) in [5, 5.41) is 4.79. The van der Waals surface area contributed by atoms with E-state index in [1.165, 1.54) is 0 Å². The monoisotopic (exact) mass is 410 g/mol. The number of benzene rings is 1. The summed E-state index contributed by atoms with van der Waals surface area (Å²) >= 11 is 5.71. The van der Waals surface area contributed by atoms with E-state index in [0.717, 1.165) is 54.0 Å². The molecular formula is C20H25F3N4S. The van der Waals surface area contributed by atoms with E-state index in [1.54, 1.807) is 12.1 Å². The van der Waals surface area contributed by atoms with Crippen molar-refractivity contribution in [2.75, 3.05) is 0 Å². The van der Waals surface area contributed by atoms with Crippen LogP contribution in [0.4, 0.5) is 13.2 Å². The summed E-state index contributed by atoms with van der Waals surface area (Å²) in [5.41, 5.74) is 0.262. The maximum absolute atomic E-state index is 12.8. The third-order valence-electron chi connectivity index (χ3n) is 5.37. The molecule has 2 saturated carbocycles. The molecule has 0 amide bonds. The van der Waals surface area contributed by atoms with Crippen LogP contribution >= 0.6 is 12.2 Å². The van der Waals surface area contributed by atoms with E-state index in [1.807, 2.05) is 4.68 Å². The molecule has 2 fully saturated rings. The molecule has 0 aliphatic heterocycles. The van der Waals surface area contributed by atoms with Crippen LogP contribution in [0.3, 0.4) is 0 Å². The molecule has 0 spiro atoms. The summed E-state index contributed by atoms with van der Waals surface area (Å²) in [6, 6.07) is 6.37. The number of hydrogen-bond acceptors (Lipinski definition) is 3. The Bertz CT molecular complexity index is 890. The molecule has 0 unspecified atom stereocenters. The fourth-order valence-electron chi connectivity index (χ4n) is 3.54. The van der Waals surface area contributed by atoms with Crippen molar-refractivity contribution < 1.29 is 13.2 Å². The van der Waals surface area contributed by atoms with Crippen LogP contribution in [0.1, 0.15) is 68.4 Å². The molecule has 152 valence electrons. The van der Waals surface area contributed by atoms with Gasteiger partial charge in [0.1, 0.15) is 5.82 Å². The Kier molecular flexibility index (Phi) is 5.12. The third kappa shape index (κ3) is 4.17. The standard InChI is InChI=1S/C20H25F3N4S/c1-13(2)18-24-26(19(28)27(18)17-9-10-17)12-25(16-7-8-16)11-14-3-5-15(6-4-14)20(21,22)23/h3-6,13,16-17H,7-12H2,1-2H3.